The molecule has 0 bridgehead atoms. The van der Waals surface area contributed by atoms with Gasteiger partial charge in [-0.25, -0.2) is 0 Å². The van der Waals surface area contributed by atoms with E-state index in [1.165, 1.54) is 14.2 Å². The van der Waals surface area contributed by atoms with E-state index in [1.807, 2.05) is 0 Å². The molecule has 0 unspecified atom stereocenters. The van der Waals surface area contributed by atoms with E-state index in [9.17, 15) is 9.59 Å². The van der Waals surface area contributed by atoms with Crippen LogP contribution in [0.3, 0.4) is 0 Å². The summed E-state index contributed by atoms with van der Waals surface area (Å²) >= 11 is 0. The van der Waals surface area contributed by atoms with Gasteiger partial charge in [0.1, 0.15) is 0 Å². The molecule has 1 aromatic rings. The quantitative estimate of drug-likeness (QED) is 0.812. The molecule has 6 heteroatoms. The molecule has 1 amide bonds. The van der Waals surface area contributed by atoms with Gasteiger partial charge in [0.15, 0.2) is 18.1 Å². The van der Waals surface area contributed by atoms with Crippen LogP contribution in [0.15, 0.2) is 18.2 Å². The molecule has 1 aliphatic rings. The zero-order valence-electron chi connectivity index (χ0n) is 12.2. The maximum Gasteiger partial charge on any atom is 0.309 e. The number of methoxy groups -OCH3 is 2. The van der Waals surface area contributed by atoms with Crippen molar-refractivity contribution in [3.05, 3.63) is 18.2 Å². The van der Waals surface area contributed by atoms with Gasteiger partial charge in [-0.3, -0.25) is 9.59 Å². The monoisotopic (exact) mass is 293 g/mol. The van der Waals surface area contributed by atoms with Crippen molar-refractivity contribution in [2.75, 3.05) is 26.1 Å². The minimum Gasteiger partial charge on any atom is -0.493 e. The predicted molar refractivity (Wildman–Crippen MR) is 76.5 cm³/mol. The molecule has 0 radical (unpaired) electrons. The summed E-state index contributed by atoms with van der Waals surface area (Å²) in [6, 6.07) is 5.02. The van der Waals surface area contributed by atoms with E-state index in [0.29, 0.717) is 17.2 Å². The summed E-state index contributed by atoms with van der Waals surface area (Å²) in [5, 5.41) is 2.65. The minimum absolute atomic E-state index is 0.0288. The van der Waals surface area contributed by atoms with Gasteiger partial charge in [0, 0.05) is 11.8 Å². The second-order valence-corrected chi connectivity index (χ2v) is 4.85. The van der Waals surface area contributed by atoms with Crippen LogP contribution in [0.1, 0.15) is 19.3 Å². The highest BCUT2D eigenvalue weighted by Crippen LogP contribution is 2.30. The molecule has 2 rings (SSSR count). The molecule has 1 fully saturated rings. The molecule has 1 aliphatic carbocycles. The lowest BCUT2D eigenvalue weighted by Crippen LogP contribution is -2.28. The Labute approximate surface area is 123 Å². The number of amides is 1. The van der Waals surface area contributed by atoms with Crippen LogP contribution < -0.4 is 14.8 Å². The fourth-order valence-corrected chi connectivity index (χ4v) is 2.01. The Hall–Kier alpha value is -2.24. The number of benzene rings is 1. The van der Waals surface area contributed by atoms with Gasteiger partial charge in [-0.05, 0) is 25.0 Å². The van der Waals surface area contributed by atoms with Crippen molar-refractivity contribution < 1.29 is 23.8 Å². The average Bonchev–Trinajstić information content (AvgIpc) is 2.43. The van der Waals surface area contributed by atoms with Gasteiger partial charge >= 0.3 is 5.97 Å². The first kappa shape index (κ1) is 15.2. The third-order valence-corrected chi connectivity index (χ3v) is 3.45. The summed E-state index contributed by atoms with van der Waals surface area (Å²) in [4.78, 5) is 23.3. The van der Waals surface area contributed by atoms with Crippen LogP contribution in [0.4, 0.5) is 5.69 Å². The van der Waals surface area contributed by atoms with Crippen molar-refractivity contribution in [2.24, 2.45) is 5.92 Å². The van der Waals surface area contributed by atoms with Crippen LogP contribution in [0, 0.1) is 5.92 Å². The first-order valence-corrected chi connectivity index (χ1v) is 6.82. The van der Waals surface area contributed by atoms with Gasteiger partial charge in [-0.2, -0.15) is 0 Å². The third kappa shape index (κ3) is 3.87. The predicted octanol–water partition coefficient (Wildman–Crippen LogP) is 1.99. The van der Waals surface area contributed by atoms with Crippen LogP contribution in [0.2, 0.25) is 0 Å². The van der Waals surface area contributed by atoms with Crippen molar-refractivity contribution in [1.82, 2.24) is 0 Å². The molecule has 0 aromatic heterocycles. The maximum absolute atomic E-state index is 11.7. The Morgan fingerprint density at radius 1 is 1.19 bits per heavy atom. The Morgan fingerprint density at radius 2 is 1.90 bits per heavy atom. The van der Waals surface area contributed by atoms with E-state index in [2.05, 4.69) is 5.32 Å². The van der Waals surface area contributed by atoms with E-state index >= 15 is 0 Å². The number of carbonyl (C=O) groups is 2. The zero-order chi connectivity index (χ0) is 15.2. The van der Waals surface area contributed by atoms with Crippen LogP contribution in [-0.4, -0.2) is 32.7 Å². The van der Waals surface area contributed by atoms with Crippen LogP contribution in [-0.2, 0) is 14.3 Å². The molecule has 1 N–H and O–H groups in total. The van der Waals surface area contributed by atoms with Gasteiger partial charge in [0.25, 0.3) is 5.91 Å². The van der Waals surface area contributed by atoms with Crippen molar-refractivity contribution >= 4 is 17.6 Å². The summed E-state index contributed by atoms with van der Waals surface area (Å²) in [7, 11) is 3.06. The highest BCUT2D eigenvalue weighted by atomic mass is 16.5. The molecule has 0 heterocycles. The summed E-state index contributed by atoms with van der Waals surface area (Å²) in [5.41, 5.74) is 0.553. The number of rotatable bonds is 6. The smallest absolute Gasteiger partial charge is 0.309 e. The second-order valence-electron chi connectivity index (χ2n) is 4.85. The highest BCUT2D eigenvalue weighted by Gasteiger charge is 2.27. The van der Waals surface area contributed by atoms with Crippen molar-refractivity contribution in [3.8, 4) is 11.5 Å². The largest absolute Gasteiger partial charge is 0.493 e. The molecule has 114 valence electrons. The van der Waals surface area contributed by atoms with E-state index < -0.39 is 0 Å². The number of carbonyl (C=O) groups excluding carboxylic acids is 2. The third-order valence-electron chi connectivity index (χ3n) is 3.45. The van der Waals surface area contributed by atoms with E-state index in [-0.39, 0.29) is 24.4 Å². The topological polar surface area (TPSA) is 73.9 Å². The van der Waals surface area contributed by atoms with Gasteiger partial charge in [0.2, 0.25) is 0 Å². The number of hydrogen-bond acceptors (Lipinski definition) is 5. The van der Waals surface area contributed by atoms with Crippen molar-refractivity contribution in [1.29, 1.82) is 0 Å². The fourth-order valence-electron chi connectivity index (χ4n) is 2.01. The Bertz CT molecular complexity index is 525. The average molecular weight is 293 g/mol. The fraction of sp³-hybridized carbons (Fsp3) is 0.467. The first-order chi connectivity index (χ1) is 10.1. The Balaban J connectivity index is 1.85. The van der Waals surface area contributed by atoms with E-state index in [1.54, 1.807) is 18.2 Å². The summed E-state index contributed by atoms with van der Waals surface area (Å²) < 4.78 is 15.2. The Kier molecular flexibility index (Phi) is 5.03. The summed E-state index contributed by atoms with van der Waals surface area (Å²) in [6.07, 6.45) is 2.77. The lowest BCUT2D eigenvalue weighted by atomic mass is 9.86. The first-order valence-electron chi connectivity index (χ1n) is 6.82. The number of hydrogen-bond donors (Lipinski definition) is 1. The van der Waals surface area contributed by atoms with Crippen molar-refractivity contribution in [2.45, 2.75) is 19.3 Å². The molecule has 0 atom stereocenters. The van der Waals surface area contributed by atoms with Crippen LogP contribution >= 0.6 is 0 Å². The number of esters is 1. The van der Waals surface area contributed by atoms with Gasteiger partial charge in [-0.1, -0.05) is 6.42 Å². The van der Waals surface area contributed by atoms with E-state index in [0.717, 1.165) is 19.3 Å². The SMILES string of the molecule is COc1ccc(NC(=O)COC(=O)C2CCC2)cc1OC. The maximum atomic E-state index is 11.7. The molecule has 1 saturated carbocycles. The molecule has 21 heavy (non-hydrogen) atoms. The molecule has 0 saturated heterocycles. The standard InChI is InChI=1S/C15H19NO5/c1-19-12-7-6-11(8-13(12)20-2)16-14(17)9-21-15(18)10-4-3-5-10/h6-8,10H,3-5,9H2,1-2H3,(H,16,17). The number of anilines is 1. The zero-order valence-corrected chi connectivity index (χ0v) is 12.2. The Morgan fingerprint density at radius 3 is 2.48 bits per heavy atom. The van der Waals surface area contributed by atoms with Gasteiger partial charge in [0.05, 0.1) is 20.1 Å². The summed E-state index contributed by atoms with van der Waals surface area (Å²) in [5.74, 6) is 0.395. The van der Waals surface area contributed by atoms with E-state index in [4.69, 9.17) is 14.2 Å². The lowest BCUT2D eigenvalue weighted by Gasteiger charge is -2.22. The molecule has 0 spiro atoms. The number of ether oxygens (including phenoxy) is 3. The number of nitrogens with one attached hydrogen (secondary N) is 1. The highest BCUT2D eigenvalue weighted by molar-refractivity contribution is 5.93. The van der Waals surface area contributed by atoms with Crippen molar-refractivity contribution in [3.63, 3.8) is 0 Å². The summed E-state index contributed by atoms with van der Waals surface area (Å²) in [6.45, 7) is -0.274. The van der Waals surface area contributed by atoms with Gasteiger partial charge < -0.3 is 19.5 Å². The minimum atomic E-state index is -0.380. The van der Waals surface area contributed by atoms with Crippen LogP contribution in [0.5, 0.6) is 11.5 Å². The molecule has 1 aromatic carbocycles. The molecular weight excluding hydrogens is 274 g/mol. The van der Waals surface area contributed by atoms with Crippen LogP contribution in [0.25, 0.3) is 0 Å². The second kappa shape index (κ2) is 6.97. The molecule has 0 aliphatic heterocycles. The molecular formula is C15H19NO5. The lowest BCUT2D eigenvalue weighted by molar-refractivity contribution is -0.154. The van der Waals surface area contributed by atoms with Gasteiger partial charge in [-0.15, -0.1) is 0 Å². The normalized spacial score (nSPS) is 14.0. The molecule has 6 nitrogen and oxygen atoms in total.